The summed E-state index contributed by atoms with van der Waals surface area (Å²) in [6.07, 6.45) is 9.10. The Bertz CT molecular complexity index is 8320. The molecular weight excluding hydrogens is 1730 g/mol. The SMILES string of the molecule is c1ccc(-c2nc(-c3ccccc3)nc(-c3ccc(-n4c(-c5ccccn5)nc5c6ccccc6c6ccccc6c54)cc3)n2)cc1.c1ccc(-c2nc(-c3ccccc3)nc(-c3ccc(-n4c(-c5cccnc5)nc5c6ccccc6c6ccccc6c54)cc3)n2)cc1.c1ccc(-c2nc(-c3ccccc3)nc(-c3ccc(-n4c(-c5ccncc5)nc5c6ccccc6c6ccccc6c54)cc3)n2)cc1. The summed E-state index contributed by atoms with van der Waals surface area (Å²) in [5.74, 6) is 8.13. The Morgan fingerprint density at radius 1 is 0.142 bits per heavy atom. The van der Waals surface area contributed by atoms with Crippen molar-refractivity contribution in [1.82, 2.24) is 88.5 Å². The van der Waals surface area contributed by atoms with Gasteiger partial charge >= 0.3 is 0 Å². The highest BCUT2D eigenvalue weighted by Gasteiger charge is 2.27. The van der Waals surface area contributed by atoms with Crippen LogP contribution in [-0.4, -0.2) is 88.5 Å². The van der Waals surface area contributed by atoms with Gasteiger partial charge in [0.25, 0.3) is 0 Å². The number of benzene rings is 18. The third kappa shape index (κ3) is 15.7. The highest BCUT2D eigenvalue weighted by molar-refractivity contribution is 6.27. The first-order chi connectivity index (χ1) is 69.9. The summed E-state index contributed by atoms with van der Waals surface area (Å²) in [7, 11) is 0. The molecule has 0 amide bonds. The second-order valence-electron chi connectivity index (χ2n) is 34.1. The molecule has 660 valence electrons. The Morgan fingerprint density at radius 3 is 0.652 bits per heavy atom. The molecule has 9 aromatic heterocycles. The molecule has 0 spiro atoms. The standard InChI is InChI=1S/3C41H26N6/c1-3-13-27(14-4-1)38-44-39(28-15-5-2-6-16-28)46-40(45-38)29-22-24-30(25-23-29)47-37-34-20-10-8-18-32(34)31-17-7-9-19-33(31)36(37)43-41(47)35-21-11-12-26-42-35;1-3-12-27(13-4-1)38-44-39(28-14-5-2-6-15-28)46-40(45-38)29-21-23-31(24-22-29)47-37-35-20-10-8-18-33(35)32-17-7-9-19-34(32)36(37)43-41(47)30-16-11-25-42-26-30;1-3-11-27(12-4-1)38-44-39(28-13-5-2-6-14-28)46-40(45-38)29-19-21-31(22-20-29)47-37-35-18-10-8-16-33(35)32-15-7-9-17-34(32)36(37)43-41(47)30-23-25-42-26-24-30/h3*1-26H. The average Bonchev–Trinajstić information content (AvgIpc) is 1.58. The van der Waals surface area contributed by atoms with Gasteiger partial charge in [0, 0.05) is 142 Å². The van der Waals surface area contributed by atoms with Gasteiger partial charge in [-0.1, -0.05) is 334 Å². The van der Waals surface area contributed by atoms with E-state index < -0.39 is 0 Å². The maximum absolute atomic E-state index is 5.31. The fourth-order valence-corrected chi connectivity index (χ4v) is 19.0. The molecule has 0 saturated carbocycles. The van der Waals surface area contributed by atoms with Gasteiger partial charge in [-0.2, -0.15) is 0 Å². The van der Waals surface area contributed by atoms with Crippen molar-refractivity contribution in [2.75, 3.05) is 0 Å². The predicted molar refractivity (Wildman–Crippen MR) is 567 cm³/mol. The molecule has 0 radical (unpaired) electrons. The maximum atomic E-state index is 5.31. The molecule has 0 fully saturated rings. The number of pyridine rings is 3. The summed E-state index contributed by atoms with van der Waals surface area (Å²) in [5, 5.41) is 13.9. The van der Waals surface area contributed by atoms with Crippen LogP contribution in [0.25, 0.3) is 252 Å². The molecule has 0 saturated heterocycles. The molecule has 18 heteroatoms. The van der Waals surface area contributed by atoms with Crippen LogP contribution >= 0.6 is 0 Å². The van der Waals surface area contributed by atoms with Crippen molar-refractivity contribution in [2.24, 2.45) is 0 Å². The molecule has 27 aromatic rings. The number of nitrogens with zero attached hydrogens (tertiary/aromatic N) is 18. The summed E-state index contributed by atoms with van der Waals surface area (Å²) in [5.41, 5.74) is 20.1. The largest absolute Gasteiger partial charge is 0.292 e. The van der Waals surface area contributed by atoms with E-state index >= 15 is 0 Å². The molecule has 0 aliphatic heterocycles. The second-order valence-corrected chi connectivity index (χ2v) is 34.1. The van der Waals surface area contributed by atoms with E-state index in [2.05, 4.69) is 248 Å². The minimum absolute atomic E-state index is 0.612. The zero-order valence-corrected chi connectivity index (χ0v) is 75.6. The van der Waals surface area contributed by atoms with Crippen molar-refractivity contribution < 1.29 is 0 Å². The molecule has 0 atom stereocenters. The molecule has 9 heterocycles. The second kappa shape index (κ2) is 36.3. The summed E-state index contributed by atoms with van der Waals surface area (Å²) < 4.78 is 6.75. The van der Waals surface area contributed by atoms with Crippen LogP contribution in [-0.2, 0) is 0 Å². The number of aromatic nitrogens is 18. The van der Waals surface area contributed by atoms with Gasteiger partial charge < -0.3 is 0 Å². The Kier molecular flexibility index (Phi) is 21.4. The maximum Gasteiger partial charge on any atom is 0.164 e. The van der Waals surface area contributed by atoms with Gasteiger partial charge in [-0.3, -0.25) is 28.7 Å². The number of rotatable bonds is 15. The van der Waals surface area contributed by atoms with Crippen molar-refractivity contribution in [3.63, 3.8) is 0 Å². The van der Waals surface area contributed by atoms with E-state index in [9.17, 15) is 0 Å². The first kappa shape index (κ1) is 83.3. The lowest BCUT2D eigenvalue weighted by Crippen LogP contribution is -2.01. The molecule has 0 bridgehead atoms. The zero-order chi connectivity index (χ0) is 93.5. The van der Waals surface area contributed by atoms with Crippen LogP contribution in [0.4, 0.5) is 0 Å². The highest BCUT2D eigenvalue weighted by atomic mass is 15.1. The van der Waals surface area contributed by atoms with Gasteiger partial charge in [-0.15, -0.1) is 0 Å². The topological polar surface area (TPSA) is 208 Å². The van der Waals surface area contributed by atoms with Gasteiger partial charge in [0.05, 0.1) is 33.1 Å². The molecule has 0 aliphatic rings. The van der Waals surface area contributed by atoms with Crippen molar-refractivity contribution in [2.45, 2.75) is 0 Å². The van der Waals surface area contributed by atoms with Crippen molar-refractivity contribution in [3.05, 3.63) is 474 Å². The third-order valence-electron chi connectivity index (χ3n) is 25.6. The van der Waals surface area contributed by atoms with Crippen LogP contribution in [0.15, 0.2) is 474 Å². The predicted octanol–water partition coefficient (Wildman–Crippen LogP) is 28.7. The number of imidazole rings is 3. The van der Waals surface area contributed by atoms with Gasteiger partial charge in [-0.25, -0.2) is 59.8 Å². The van der Waals surface area contributed by atoms with E-state index in [-0.39, 0.29) is 0 Å². The van der Waals surface area contributed by atoms with E-state index in [0.717, 1.165) is 167 Å². The lowest BCUT2D eigenvalue weighted by molar-refractivity contribution is 1.07. The molecule has 0 aliphatic carbocycles. The lowest BCUT2D eigenvalue weighted by atomic mass is 10.00. The summed E-state index contributed by atoms with van der Waals surface area (Å²) >= 11 is 0. The van der Waals surface area contributed by atoms with Crippen LogP contribution in [0.5, 0.6) is 0 Å². The Balaban J connectivity index is 0.000000111. The highest BCUT2D eigenvalue weighted by Crippen LogP contribution is 2.45. The van der Waals surface area contributed by atoms with E-state index in [0.29, 0.717) is 52.4 Å². The Labute approximate surface area is 808 Å². The van der Waals surface area contributed by atoms with Gasteiger partial charge in [0.2, 0.25) is 0 Å². The summed E-state index contributed by atoms with van der Waals surface area (Å²) in [4.78, 5) is 73.5. The molecule has 141 heavy (non-hydrogen) atoms. The van der Waals surface area contributed by atoms with Crippen LogP contribution in [0.2, 0.25) is 0 Å². The monoisotopic (exact) mass is 1810 g/mol. The van der Waals surface area contributed by atoms with Gasteiger partial charge in [-0.05, 0) is 142 Å². The van der Waals surface area contributed by atoms with E-state index in [1.807, 2.05) is 243 Å². The smallest absolute Gasteiger partial charge is 0.164 e. The van der Waals surface area contributed by atoms with Crippen molar-refractivity contribution in [1.29, 1.82) is 0 Å². The van der Waals surface area contributed by atoms with Crippen LogP contribution in [0.1, 0.15) is 0 Å². The fourth-order valence-electron chi connectivity index (χ4n) is 19.0. The van der Waals surface area contributed by atoms with E-state index in [1.165, 1.54) is 32.3 Å². The van der Waals surface area contributed by atoms with Gasteiger partial charge in [0.1, 0.15) is 17.3 Å². The van der Waals surface area contributed by atoms with Crippen molar-refractivity contribution in [3.8, 4) is 154 Å². The van der Waals surface area contributed by atoms with Crippen LogP contribution in [0, 0.1) is 0 Å². The molecule has 18 nitrogen and oxygen atoms in total. The van der Waals surface area contributed by atoms with Crippen LogP contribution < -0.4 is 0 Å². The average molecular weight is 1810 g/mol. The number of fused-ring (bicyclic) bond motifs is 18. The van der Waals surface area contributed by atoms with Crippen LogP contribution in [0.3, 0.4) is 0 Å². The molecule has 0 unspecified atom stereocenters. The first-order valence-corrected chi connectivity index (χ1v) is 46.6. The summed E-state index contributed by atoms with van der Waals surface area (Å²) in [6.45, 7) is 0. The van der Waals surface area contributed by atoms with E-state index in [1.54, 1.807) is 6.20 Å². The minimum atomic E-state index is 0.612. The van der Waals surface area contributed by atoms with Crippen molar-refractivity contribution >= 4 is 97.7 Å². The number of hydrogen-bond donors (Lipinski definition) is 0. The zero-order valence-electron chi connectivity index (χ0n) is 75.6. The number of hydrogen-bond acceptors (Lipinski definition) is 15. The first-order valence-electron chi connectivity index (χ1n) is 46.6. The normalized spacial score (nSPS) is 11.4. The molecular formula is C123H78N18. The third-order valence-corrected chi connectivity index (χ3v) is 25.6. The Morgan fingerprint density at radius 2 is 0.376 bits per heavy atom. The summed E-state index contributed by atoms with van der Waals surface area (Å²) in [6, 6.07) is 151. The molecule has 18 aromatic carbocycles. The van der Waals surface area contributed by atoms with Gasteiger partial charge in [0.15, 0.2) is 58.2 Å². The Hall–Kier alpha value is -19.6. The molecule has 27 rings (SSSR count). The minimum Gasteiger partial charge on any atom is -0.292 e. The molecule has 0 N–H and O–H groups in total. The lowest BCUT2D eigenvalue weighted by Gasteiger charge is -2.13. The van der Waals surface area contributed by atoms with E-state index in [4.69, 9.17) is 64.8 Å². The quantitative estimate of drug-likeness (QED) is 0.0875. The fraction of sp³-hybridized carbons (Fsp3) is 0.